The van der Waals surface area contributed by atoms with Crippen LogP contribution in [-0.2, 0) is 0 Å². The van der Waals surface area contributed by atoms with E-state index in [1.54, 1.807) is 0 Å². The van der Waals surface area contributed by atoms with E-state index in [0.29, 0.717) is 5.41 Å². The van der Waals surface area contributed by atoms with E-state index in [1.165, 1.54) is 31.9 Å². The Balaban J connectivity index is 1.89. The largest absolute Gasteiger partial charge is 0.478 e. The Morgan fingerprint density at radius 1 is 1.33 bits per heavy atom. The molecule has 1 fully saturated rings. The van der Waals surface area contributed by atoms with Crippen molar-refractivity contribution in [1.82, 2.24) is 4.98 Å². The number of hydrogen-bond donors (Lipinski definition) is 2. The molecule has 3 rings (SSSR count). The van der Waals surface area contributed by atoms with Crippen molar-refractivity contribution >= 4 is 22.6 Å². The zero-order valence-corrected chi connectivity index (χ0v) is 12.2. The molecule has 0 aliphatic heterocycles. The number of carbonyl (C=O) groups is 1. The Bertz CT molecular complexity index is 678. The van der Waals surface area contributed by atoms with Gasteiger partial charge in [-0.15, -0.1) is 0 Å². The smallest absolute Gasteiger partial charge is 0.337 e. The standard InChI is InChI=1S/C17H20N2O2/c1-2-7-17(8-9-17)11-19-15-13-6-4-3-5-12(13)14(10-18-15)16(20)21/h3-6,10H,2,7-9,11H2,1H3,(H,18,19)(H,20,21). The van der Waals surface area contributed by atoms with E-state index in [4.69, 9.17) is 0 Å². The number of aromatic carboxylic acids is 1. The van der Waals surface area contributed by atoms with Crippen LogP contribution in [0.15, 0.2) is 30.5 Å². The molecule has 0 spiro atoms. The van der Waals surface area contributed by atoms with Crippen molar-refractivity contribution < 1.29 is 9.90 Å². The molecule has 1 aliphatic carbocycles. The van der Waals surface area contributed by atoms with Crippen molar-refractivity contribution in [2.75, 3.05) is 11.9 Å². The first kappa shape index (κ1) is 13.9. The van der Waals surface area contributed by atoms with Gasteiger partial charge in [0, 0.05) is 23.5 Å². The van der Waals surface area contributed by atoms with Crippen LogP contribution in [0.2, 0.25) is 0 Å². The molecule has 0 saturated heterocycles. The summed E-state index contributed by atoms with van der Waals surface area (Å²) in [5, 5.41) is 14.3. The van der Waals surface area contributed by atoms with E-state index < -0.39 is 5.97 Å². The van der Waals surface area contributed by atoms with Gasteiger partial charge in [-0.1, -0.05) is 37.6 Å². The molecule has 4 heteroatoms. The Morgan fingerprint density at radius 3 is 2.67 bits per heavy atom. The first-order chi connectivity index (χ1) is 10.2. The molecule has 1 saturated carbocycles. The average molecular weight is 284 g/mol. The third-order valence-electron chi connectivity index (χ3n) is 4.39. The van der Waals surface area contributed by atoms with E-state index in [9.17, 15) is 9.90 Å². The van der Waals surface area contributed by atoms with E-state index in [1.807, 2.05) is 24.3 Å². The van der Waals surface area contributed by atoms with Crippen LogP contribution >= 0.6 is 0 Å². The minimum atomic E-state index is -0.935. The Kier molecular flexibility index (Phi) is 3.53. The highest BCUT2D eigenvalue weighted by Crippen LogP contribution is 2.49. The molecule has 0 radical (unpaired) electrons. The number of aromatic nitrogens is 1. The molecule has 110 valence electrons. The van der Waals surface area contributed by atoms with Gasteiger partial charge in [-0.25, -0.2) is 9.78 Å². The van der Waals surface area contributed by atoms with Gasteiger partial charge in [0.25, 0.3) is 0 Å². The minimum absolute atomic E-state index is 0.255. The van der Waals surface area contributed by atoms with Gasteiger partial charge < -0.3 is 10.4 Å². The number of carboxylic acid groups (broad SMARTS) is 1. The quantitative estimate of drug-likeness (QED) is 0.843. The Morgan fingerprint density at radius 2 is 2.05 bits per heavy atom. The van der Waals surface area contributed by atoms with Crippen molar-refractivity contribution in [3.63, 3.8) is 0 Å². The van der Waals surface area contributed by atoms with Gasteiger partial charge in [0.15, 0.2) is 0 Å². The topological polar surface area (TPSA) is 62.2 Å². The fourth-order valence-electron chi connectivity index (χ4n) is 3.00. The number of nitrogens with zero attached hydrogens (tertiary/aromatic N) is 1. The lowest BCUT2D eigenvalue weighted by Crippen LogP contribution is -2.16. The molecular formula is C17H20N2O2. The average Bonchev–Trinajstić information content (AvgIpc) is 3.25. The van der Waals surface area contributed by atoms with Crippen LogP contribution < -0.4 is 5.32 Å². The van der Waals surface area contributed by atoms with E-state index >= 15 is 0 Å². The molecule has 2 aromatic rings. The fourth-order valence-corrected chi connectivity index (χ4v) is 3.00. The molecule has 21 heavy (non-hydrogen) atoms. The summed E-state index contributed by atoms with van der Waals surface area (Å²) in [5.74, 6) is -0.145. The van der Waals surface area contributed by atoms with Crippen molar-refractivity contribution in [3.05, 3.63) is 36.0 Å². The second-order valence-electron chi connectivity index (χ2n) is 5.97. The Hall–Kier alpha value is -2.10. The summed E-state index contributed by atoms with van der Waals surface area (Å²) in [6, 6.07) is 7.54. The molecule has 2 N–H and O–H groups in total. The first-order valence-corrected chi connectivity index (χ1v) is 7.50. The van der Waals surface area contributed by atoms with Gasteiger partial charge >= 0.3 is 5.97 Å². The molecule has 0 unspecified atom stereocenters. The number of hydrogen-bond acceptors (Lipinski definition) is 3. The number of anilines is 1. The summed E-state index contributed by atoms with van der Waals surface area (Å²) in [5.41, 5.74) is 0.689. The van der Waals surface area contributed by atoms with Crippen molar-refractivity contribution in [2.45, 2.75) is 32.6 Å². The normalized spacial score (nSPS) is 15.9. The molecule has 4 nitrogen and oxygen atoms in total. The number of nitrogens with one attached hydrogen (secondary N) is 1. The van der Waals surface area contributed by atoms with E-state index in [0.717, 1.165) is 23.1 Å². The van der Waals surface area contributed by atoms with Gasteiger partial charge in [-0.05, 0) is 24.7 Å². The highest BCUT2D eigenvalue weighted by Gasteiger charge is 2.41. The summed E-state index contributed by atoms with van der Waals surface area (Å²) in [7, 11) is 0. The third-order valence-corrected chi connectivity index (χ3v) is 4.39. The van der Waals surface area contributed by atoms with E-state index in [-0.39, 0.29) is 5.56 Å². The summed E-state index contributed by atoms with van der Waals surface area (Å²) in [6.45, 7) is 3.14. The second kappa shape index (κ2) is 5.35. The van der Waals surface area contributed by atoms with Crippen LogP contribution in [0.4, 0.5) is 5.82 Å². The summed E-state index contributed by atoms with van der Waals surface area (Å²) in [4.78, 5) is 15.6. The van der Waals surface area contributed by atoms with Crippen molar-refractivity contribution in [1.29, 1.82) is 0 Å². The highest BCUT2D eigenvalue weighted by molar-refractivity contribution is 6.06. The highest BCUT2D eigenvalue weighted by atomic mass is 16.4. The summed E-state index contributed by atoms with van der Waals surface area (Å²) >= 11 is 0. The molecule has 1 heterocycles. The maximum absolute atomic E-state index is 11.3. The predicted molar refractivity (Wildman–Crippen MR) is 83.8 cm³/mol. The summed E-state index contributed by atoms with van der Waals surface area (Å²) in [6.07, 6.45) is 6.45. The molecule has 1 aromatic heterocycles. The molecule has 0 bridgehead atoms. The minimum Gasteiger partial charge on any atom is -0.478 e. The zero-order chi connectivity index (χ0) is 14.9. The first-order valence-electron chi connectivity index (χ1n) is 7.50. The van der Waals surface area contributed by atoms with Crippen LogP contribution in [0, 0.1) is 5.41 Å². The van der Waals surface area contributed by atoms with E-state index in [2.05, 4.69) is 17.2 Å². The molecule has 1 aromatic carbocycles. The van der Waals surface area contributed by atoms with Gasteiger partial charge in [0.1, 0.15) is 5.82 Å². The summed E-state index contributed by atoms with van der Waals surface area (Å²) < 4.78 is 0. The predicted octanol–water partition coefficient (Wildman–Crippen LogP) is 3.93. The number of rotatable bonds is 6. The number of fused-ring (bicyclic) bond motifs is 1. The number of pyridine rings is 1. The van der Waals surface area contributed by atoms with Crippen LogP contribution in [0.25, 0.3) is 10.8 Å². The zero-order valence-electron chi connectivity index (χ0n) is 12.2. The van der Waals surface area contributed by atoms with Crippen LogP contribution in [0.5, 0.6) is 0 Å². The number of carboxylic acids is 1. The van der Waals surface area contributed by atoms with Gasteiger partial charge in [0.05, 0.1) is 5.56 Å². The lowest BCUT2D eigenvalue weighted by atomic mass is 10.0. The van der Waals surface area contributed by atoms with Gasteiger partial charge in [-0.2, -0.15) is 0 Å². The Labute approximate surface area is 124 Å². The monoisotopic (exact) mass is 284 g/mol. The maximum Gasteiger partial charge on any atom is 0.337 e. The molecule has 0 amide bonds. The van der Waals surface area contributed by atoms with Crippen molar-refractivity contribution in [3.8, 4) is 0 Å². The van der Waals surface area contributed by atoms with Crippen LogP contribution in [0.1, 0.15) is 43.0 Å². The van der Waals surface area contributed by atoms with Crippen LogP contribution in [0.3, 0.4) is 0 Å². The third kappa shape index (κ3) is 2.71. The lowest BCUT2D eigenvalue weighted by molar-refractivity contribution is 0.0698. The second-order valence-corrected chi connectivity index (χ2v) is 5.97. The lowest BCUT2D eigenvalue weighted by Gasteiger charge is -2.16. The fraction of sp³-hybridized carbons (Fsp3) is 0.412. The SMILES string of the molecule is CCCC1(CNc2ncc(C(=O)O)c3ccccc23)CC1. The van der Waals surface area contributed by atoms with Crippen molar-refractivity contribution in [2.24, 2.45) is 5.41 Å². The van der Waals surface area contributed by atoms with Gasteiger partial charge in [-0.3, -0.25) is 0 Å². The molecular weight excluding hydrogens is 264 g/mol. The van der Waals surface area contributed by atoms with Crippen LogP contribution in [-0.4, -0.2) is 22.6 Å². The maximum atomic E-state index is 11.3. The molecule has 0 atom stereocenters. The van der Waals surface area contributed by atoms with Gasteiger partial charge in [0.2, 0.25) is 0 Å². The molecule has 1 aliphatic rings. The number of benzene rings is 1.